The van der Waals surface area contributed by atoms with Crippen molar-refractivity contribution in [2.45, 2.75) is 12.3 Å². The van der Waals surface area contributed by atoms with Crippen LogP contribution in [0.1, 0.15) is 17.3 Å². The van der Waals surface area contributed by atoms with Crippen molar-refractivity contribution in [1.82, 2.24) is 0 Å². The molecule has 0 bridgehead atoms. The molecule has 1 amide bonds. The molecule has 1 heterocycles. The van der Waals surface area contributed by atoms with Crippen LogP contribution >= 0.6 is 11.8 Å². The van der Waals surface area contributed by atoms with Crippen LogP contribution in [0.25, 0.3) is 0 Å². The van der Waals surface area contributed by atoms with Crippen LogP contribution in [0.15, 0.2) is 24.3 Å². The molecular weight excluding hydrogens is 210 g/mol. The van der Waals surface area contributed by atoms with Crippen LogP contribution in [0.4, 0.5) is 5.69 Å². The summed E-state index contributed by atoms with van der Waals surface area (Å²) in [6.45, 7) is 1.48. The lowest BCUT2D eigenvalue weighted by molar-refractivity contribution is -0.116. The third-order valence-corrected chi connectivity index (χ3v) is 3.32. The molecule has 0 aromatic heterocycles. The molecule has 0 spiro atoms. The van der Waals surface area contributed by atoms with E-state index in [9.17, 15) is 9.59 Å². The number of fused-ring (bicyclic) bond motifs is 1. The zero-order valence-electron chi connectivity index (χ0n) is 8.56. The van der Waals surface area contributed by atoms with Crippen LogP contribution in [0, 0.1) is 0 Å². The zero-order chi connectivity index (χ0) is 11.0. The topological polar surface area (TPSA) is 37.4 Å². The van der Waals surface area contributed by atoms with Crippen LogP contribution in [-0.2, 0) is 4.79 Å². The number of amides is 1. The Kier molecular flexibility index (Phi) is 2.52. The summed E-state index contributed by atoms with van der Waals surface area (Å²) in [5.74, 6) is -0.0686. The number of anilines is 1. The van der Waals surface area contributed by atoms with E-state index in [0.29, 0.717) is 5.56 Å². The van der Waals surface area contributed by atoms with Crippen molar-refractivity contribution < 1.29 is 9.59 Å². The van der Waals surface area contributed by atoms with Crippen molar-refractivity contribution in [2.24, 2.45) is 0 Å². The van der Waals surface area contributed by atoms with Gasteiger partial charge in [0, 0.05) is 12.5 Å². The number of nitrogens with zero attached hydrogens (tertiary/aromatic N) is 1. The minimum Gasteiger partial charge on any atom is -0.292 e. The van der Waals surface area contributed by atoms with Crippen LogP contribution in [0.3, 0.4) is 0 Å². The van der Waals surface area contributed by atoms with Crippen molar-refractivity contribution in [3.63, 3.8) is 0 Å². The quantitative estimate of drug-likeness (QED) is 0.727. The molecule has 1 aromatic carbocycles. The van der Waals surface area contributed by atoms with E-state index in [4.69, 9.17) is 0 Å². The average molecular weight is 221 g/mol. The summed E-state index contributed by atoms with van der Waals surface area (Å²) in [5.41, 5.74) is 1.38. The van der Waals surface area contributed by atoms with E-state index in [0.717, 1.165) is 5.69 Å². The Morgan fingerprint density at radius 3 is 2.67 bits per heavy atom. The number of hydrogen-bond donors (Lipinski definition) is 0. The van der Waals surface area contributed by atoms with Crippen molar-refractivity contribution in [2.75, 3.05) is 11.2 Å². The SMILES string of the molecule is CSC1C(=O)c2ccccc2N1C(C)=O. The molecule has 15 heavy (non-hydrogen) atoms. The number of para-hydroxylation sites is 1. The third-order valence-electron chi connectivity index (χ3n) is 2.45. The zero-order valence-corrected chi connectivity index (χ0v) is 9.38. The van der Waals surface area contributed by atoms with Gasteiger partial charge >= 0.3 is 0 Å². The van der Waals surface area contributed by atoms with Crippen molar-refractivity contribution in [1.29, 1.82) is 0 Å². The van der Waals surface area contributed by atoms with Gasteiger partial charge in [-0.1, -0.05) is 12.1 Å². The van der Waals surface area contributed by atoms with Crippen molar-refractivity contribution in [3.8, 4) is 0 Å². The standard InChI is InChI=1S/C11H11NO2S/c1-7(13)12-9-6-4-3-5-8(9)10(14)11(12)15-2/h3-6,11H,1-2H3. The van der Waals surface area contributed by atoms with Gasteiger partial charge in [-0.05, 0) is 18.4 Å². The van der Waals surface area contributed by atoms with Gasteiger partial charge in [0.2, 0.25) is 5.91 Å². The maximum atomic E-state index is 11.9. The number of Topliss-reactive ketones (excluding diaryl/α,β-unsaturated/α-hetero) is 1. The monoisotopic (exact) mass is 221 g/mol. The molecule has 0 aliphatic carbocycles. The van der Waals surface area contributed by atoms with Crippen molar-refractivity contribution in [3.05, 3.63) is 29.8 Å². The van der Waals surface area contributed by atoms with E-state index < -0.39 is 0 Å². The second-order valence-corrected chi connectivity index (χ2v) is 4.28. The number of carbonyl (C=O) groups is 2. The molecule has 0 radical (unpaired) electrons. The van der Waals surface area contributed by atoms with Gasteiger partial charge in [-0.2, -0.15) is 0 Å². The summed E-state index contributed by atoms with van der Waals surface area (Å²) >= 11 is 1.39. The second kappa shape index (κ2) is 3.70. The lowest BCUT2D eigenvalue weighted by Gasteiger charge is -2.20. The van der Waals surface area contributed by atoms with Crippen LogP contribution in [-0.4, -0.2) is 23.3 Å². The van der Waals surface area contributed by atoms with Crippen LogP contribution in [0.5, 0.6) is 0 Å². The molecule has 2 rings (SSSR count). The Hall–Kier alpha value is -1.29. The smallest absolute Gasteiger partial charge is 0.225 e. The van der Waals surface area contributed by atoms with E-state index >= 15 is 0 Å². The minimum atomic E-state index is -0.389. The molecule has 0 saturated heterocycles. The summed E-state index contributed by atoms with van der Waals surface area (Å²) in [6, 6.07) is 7.23. The van der Waals surface area contributed by atoms with Gasteiger partial charge in [-0.15, -0.1) is 11.8 Å². The number of carbonyl (C=O) groups excluding carboxylic acids is 2. The summed E-state index contributed by atoms with van der Waals surface area (Å²) < 4.78 is 0. The van der Waals surface area contributed by atoms with Gasteiger partial charge in [0.1, 0.15) is 5.37 Å². The highest BCUT2D eigenvalue weighted by molar-refractivity contribution is 8.00. The van der Waals surface area contributed by atoms with E-state index in [1.54, 1.807) is 11.0 Å². The summed E-state index contributed by atoms with van der Waals surface area (Å²) in [5, 5.41) is -0.389. The fraction of sp³-hybridized carbons (Fsp3) is 0.273. The molecule has 1 unspecified atom stereocenters. The first kappa shape index (κ1) is 10.2. The molecule has 1 aliphatic rings. The molecule has 4 heteroatoms. The average Bonchev–Trinajstić information content (AvgIpc) is 2.52. The number of hydrogen-bond acceptors (Lipinski definition) is 3. The molecule has 1 atom stereocenters. The Labute approximate surface area is 92.5 Å². The van der Waals surface area contributed by atoms with Gasteiger partial charge < -0.3 is 0 Å². The molecule has 1 aliphatic heterocycles. The van der Waals surface area contributed by atoms with E-state index in [-0.39, 0.29) is 17.1 Å². The summed E-state index contributed by atoms with van der Waals surface area (Å²) in [4.78, 5) is 25.0. The van der Waals surface area contributed by atoms with Gasteiger partial charge in [0.05, 0.1) is 5.69 Å². The first-order valence-corrected chi connectivity index (χ1v) is 5.91. The lowest BCUT2D eigenvalue weighted by atomic mass is 10.1. The van der Waals surface area contributed by atoms with Gasteiger partial charge in [0.15, 0.2) is 5.78 Å². The van der Waals surface area contributed by atoms with E-state index in [2.05, 4.69) is 0 Å². The summed E-state index contributed by atoms with van der Waals surface area (Å²) in [7, 11) is 0. The molecular formula is C11H11NO2S. The highest BCUT2D eigenvalue weighted by Gasteiger charge is 2.38. The Balaban J connectivity index is 2.55. The highest BCUT2D eigenvalue weighted by atomic mass is 32.2. The largest absolute Gasteiger partial charge is 0.292 e. The van der Waals surface area contributed by atoms with Crippen molar-refractivity contribution >= 4 is 29.1 Å². The number of rotatable bonds is 1. The van der Waals surface area contributed by atoms with E-state index in [1.807, 2.05) is 24.5 Å². The van der Waals surface area contributed by atoms with E-state index in [1.165, 1.54) is 18.7 Å². The summed E-state index contributed by atoms with van der Waals surface area (Å²) in [6.07, 6.45) is 1.84. The van der Waals surface area contributed by atoms with Gasteiger partial charge in [-0.25, -0.2) is 0 Å². The fourth-order valence-electron chi connectivity index (χ4n) is 1.82. The first-order valence-electron chi connectivity index (χ1n) is 4.62. The number of benzene rings is 1. The lowest BCUT2D eigenvalue weighted by Crippen LogP contribution is -2.36. The Morgan fingerprint density at radius 1 is 1.40 bits per heavy atom. The third kappa shape index (κ3) is 1.45. The molecule has 3 nitrogen and oxygen atoms in total. The fourth-order valence-corrected chi connectivity index (χ4v) is 2.63. The van der Waals surface area contributed by atoms with Crippen LogP contribution in [0.2, 0.25) is 0 Å². The maximum Gasteiger partial charge on any atom is 0.225 e. The molecule has 0 saturated carbocycles. The highest BCUT2D eigenvalue weighted by Crippen LogP contribution is 2.35. The number of ketones is 1. The van der Waals surface area contributed by atoms with Crippen LogP contribution < -0.4 is 4.90 Å². The number of thioether (sulfide) groups is 1. The molecule has 1 aromatic rings. The minimum absolute atomic E-state index is 0.0216. The predicted octanol–water partition coefficient (Wildman–Crippen LogP) is 1.92. The molecule has 0 N–H and O–H groups in total. The predicted molar refractivity (Wildman–Crippen MR) is 61.2 cm³/mol. The Morgan fingerprint density at radius 2 is 2.07 bits per heavy atom. The second-order valence-electron chi connectivity index (χ2n) is 3.36. The normalized spacial score (nSPS) is 19.2. The molecule has 78 valence electrons. The first-order chi connectivity index (χ1) is 7.16. The Bertz CT molecular complexity index is 430. The van der Waals surface area contributed by atoms with Gasteiger partial charge in [-0.3, -0.25) is 14.5 Å². The molecule has 0 fully saturated rings. The van der Waals surface area contributed by atoms with Gasteiger partial charge in [0.25, 0.3) is 0 Å². The maximum absolute atomic E-state index is 11.9.